The van der Waals surface area contributed by atoms with Crippen molar-refractivity contribution in [1.82, 2.24) is 14.8 Å². The van der Waals surface area contributed by atoms with Gasteiger partial charge in [0.2, 0.25) is 0 Å². The van der Waals surface area contributed by atoms with E-state index in [0.717, 1.165) is 17.8 Å². The molecule has 2 aromatic carbocycles. The molecule has 3 rings (SSSR count). The Morgan fingerprint density at radius 2 is 1.92 bits per heavy atom. The number of aromatic nitrogens is 3. The molecule has 0 atom stereocenters. The number of ether oxygens (including phenoxy) is 1. The quantitative estimate of drug-likeness (QED) is 0.620. The van der Waals surface area contributed by atoms with Crippen molar-refractivity contribution < 1.29 is 17.9 Å². The number of benzene rings is 2. The summed E-state index contributed by atoms with van der Waals surface area (Å²) in [6.07, 6.45) is -2.80. The molecule has 130 valence electrons. The lowest BCUT2D eigenvalue weighted by atomic mass is 10.1. The Kier molecular flexibility index (Phi) is 4.98. The summed E-state index contributed by atoms with van der Waals surface area (Å²) < 4.78 is 45.5. The minimum Gasteiger partial charge on any atom is -0.495 e. The van der Waals surface area contributed by atoms with Crippen molar-refractivity contribution in [3.8, 4) is 11.4 Å². The van der Waals surface area contributed by atoms with E-state index < -0.39 is 11.7 Å². The lowest BCUT2D eigenvalue weighted by Gasteiger charge is -2.11. The molecule has 0 amide bonds. The van der Waals surface area contributed by atoms with Crippen molar-refractivity contribution in [1.29, 1.82) is 0 Å². The number of nitrogens with zero attached hydrogens (tertiary/aromatic N) is 3. The first-order valence-corrected chi connectivity index (χ1v) is 8.30. The van der Waals surface area contributed by atoms with Gasteiger partial charge in [0.1, 0.15) is 12.1 Å². The number of alkyl halides is 3. The molecule has 4 nitrogen and oxygen atoms in total. The van der Waals surface area contributed by atoms with Gasteiger partial charge in [0.05, 0.1) is 18.4 Å². The van der Waals surface area contributed by atoms with Crippen LogP contribution >= 0.6 is 11.8 Å². The topological polar surface area (TPSA) is 39.9 Å². The van der Waals surface area contributed by atoms with Crippen molar-refractivity contribution in [2.75, 3.05) is 7.11 Å². The van der Waals surface area contributed by atoms with Gasteiger partial charge in [-0.1, -0.05) is 42.1 Å². The van der Waals surface area contributed by atoms with Gasteiger partial charge in [0.25, 0.3) is 0 Å². The standard InChI is InChI=1S/C17H14F3N3OS/c1-24-15-8-3-2-7-14(15)23-11-21-22-16(23)25-10-12-5-4-6-13(9-12)17(18,19)20/h2-9,11H,10H2,1H3. The Morgan fingerprint density at radius 1 is 1.12 bits per heavy atom. The van der Waals surface area contributed by atoms with E-state index in [1.54, 1.807) is 24.1 Å². The Bertz CT molecular complexity index is 864. The van der Waals surface area contributed by atoms with Gasteiger partial charge < -0.3 is 4.74 Å². The SMILES string of the molecule is COc1ccccc1-n1cnnc1SCc1cccc(C(F)(F)F)c1. The summed E-state index contributed by atoms with van der Waals surface area (Å²) in [4.78, 5) is 0. The molecular formula is C17H14F3N3OS. The summed E-state index contributed by atoms with van der Waals surface area (Å²) in [5.74, 6) is 1.00. The smallest absolute Gasteiger partial charge is 0.416 e. The van der Waals surface area contributed by atoms with E-state index in [9.17, 15) is 13.2 Å². The van der Waals surface area contributed by atoms with Gasteiger partial charge in [-0.2, -0.15) is 13.2 Å². The minimum atomic E-state index is -4.35. The van der Waals surface area contributed by atoms with Crippen LogP contribution in [0.4, 0.5) is 13.2 Å². The molecule has 0 aliphatic rings. The molecule has 0 spiro atoms. The number of rotatable bonds is 5. The second-order valence-corrected chi connectivity index (χ2v) is 6.08. The van der Waals surface area contributed by atoms with Crippen LogP contribution in [0.1, 0.15) is 11.1 Å². The van der Waals surface area contributed by atoms with E-state index in [-0.39, 0.29) is 0 Å². The third-order valence-corrected chi connectivity index (χ3v) is 4.50. The molecule has 0 saturated heterocycles. The summed E-state index contributed by atoms with van der Waals surface area (Å²) in [6, 6.07) is 12.7. The monoisotopic (exact) mass is 365 g/mol. The molecule has 0 unspecified atom stereocenters. The molecule has 0 N–H and O–H groups in total. The number of hydrogen-bond acceptors (Lipinski definition) is 4. The molecule has 8 heteroatoms. The lowest BCUT2D eigenvalue weighted by molar-refractivity contribution is -0.137. The van der Waals surface area contributed by atoms with Gasteiger partial charge in [-0.3, -0.25) is 4.57 Å². The van der Waals surface area contributed by atoms with E-state index in [2.05, 4.69) is 10.2 Å². The van der Waals surface area contributed by atoms with Crippen molar-refractivity contribution in [3.05, 3.63) is 66.0 Å². The van der Waals surface area contributed by atoms with Gasteiger partial charge in [0.15, 0.2) is 5.16 Å². The van der Waals surface area contributed by atoms with Crippen LogP contribution in [0, 0.1) is 0 Å². The average molecular weight is 365 g/mol. The molecule has 1 aromatic heterocycles. The zero-order valence-electron chi connectivity index (χ0n) is 13.2. The summed E-state index contributed by atoms with van der Waals surface area (Å²) in [6.45, 7) is 0. The normalized spacial score (nSPS) is 11.5. The zero-order chi connectivity index (χ0) is 17.9. The molecule has 0 aliphatic heterocycles. The number of halogens is 3. The fraction of sp³-hybridized carbons (Fsp3) is 0.176. The van der Waals surface area contributed by atoms with Crippen molar-refractivity contribution in [2.24, 2.45) is 0 Å². The summed E-state index contributed by atoms with van der Waals surface area (Å²) >= 11 is 1.31. The fourth-order valence-electron chi connectivity index (χ4n) is 2.30. The van der Waals surface area contributed by atoms with Crippen LogP contribution in [-0.4, -0.2) is 21.9 Å². The van der Waals surface area contributed by atoms with Crippen LogP contribution in [0.2, 0.25) is 0 Å². The fourth-order valence-corrected chi connectivity index (χ4v) is 3.17. The lowest BCUT2D eigenvalue weighted by Crippen LogP contribution is -2.05. The Labute approximate surface area is 146 Å². The molecule has 0 fully saturated rings. The maximum absolute atomic E-state index is 12.8. The van der Waals surface area contributed by atoms with E-state index in [1.807, 2.05) is 24.3 Å². The van der Waals surface area contributed by atoms with Gasteiger partial charge >= 0.3 is 6.18 Å². The molecule has 0 saturated carbocycles. The highest BCUT2D eigenvalue weighted by molar-refractivity contribution is 7.98. The van der Waals surface area contributed by atoms with Crippen molar-refractivity contribution >= 4 is 11.8 Å². The van der Waals surface area contributed by atoms with E-state index >= 15 is 0 Å². The predicted octanol–water partition coefficient (Wildman–Crippen LogP) is 4.59. The third kappa shape index (κ3) is 3.96. The first-order valence-electron chi connectivity index (χ1n) is 7.31. The van der Waals surface area contributed by atoms with Gasteiger partial charge in [-0.15, -0.1) is 10.2 Å². The Hall–Kier alpha value is -2.48. The maximum atomic E-state index is 12.8. The Balaban J connectivity index is 1.81. The number of para-hydroxylation sites is 2. The second-order valence-electron chi connectivity index (χ2n) is 5.14. The van der Waals surface area contributed by atoms with Gasteiger partial charge in [-0.25, -0.2) is 0 Å². The van der Waals surface area contributed by atoms with Gasteiger partial charge in [0, 0.05) is 5.75 Å². The number of thioether (sulfide) groups is 1. The highest BCUT2D eigenvalue weighted by Crippen LogP contribution is 2.32. The molecule has 0 aliphatic carbocycles. The van der Waals surface area contributed by atoms with Crippen molar-refractivity contribution in [2.45, 2.75) is 17.1 Å². The summed E-state index contributed by atoms with van der Waals surface area (Å²) in [5, 5.41) is 8.52. The predicted molar refractivity (Wildman–Crippen MR) is 88.9 cm³/mol. The minimum absolute atomic E-state index is 0.345. The largest absolute Gasteiger partial charge is 0.495 e. The second kappa shape index (κ2) is 7.18. The van der Waals surface area contributed by atoms with Crippen LogP contribution in [0.5, 0.6) is 5.75 Å². The average Bonchev–Trinajstić information content (AvgIpc) is 3.08. The summed E-state index contributed by atoms with van der Waals surface area (Å²) in [7, 11) is 1.57. The van der Waals surface area contributed by atoms with Crippen LogP contribution in [-0.2, 0) is 11.9 Å². The molecule has 3 aromatic rings. The summed E-state index contributed by atoms with van der Waals surface area (Å²) in [5.41, 5.74) is 0.674. The van der Waals surface area contributed by atoms with Crippen LogP contribution in [0.25, 0.3) is 5.69 Å². The molecular weight excluding hydrogens is 351 g/mol. The van der Waals surface area contributed by atoms with Crippen LogP contribution in [0.15, 0.2) is 60.0 Å². The first kappa shape index (κ1) is 17.3. The van der Waals surface area contributed by atoms with Crippen molar-refractivity contribution in [3.63, 3.8) is 0 Å². The van der Waals surface area contributed by atoms with E-state index in [1.165, 1.54) is 17.8 Å². The van der Waals surface area contributed by atoms with E-state index in [4.69, 9.17) is 4.74 Å². The molecule has 1 heterocycles. The van der Waals surface area contributed by atoms with Gasteiger partial charge in [-0.05, 0) is 23.8 Å². The van der Waals surface area contributed by atoms with Crippen LogP contribution in [0.3, 0.4) is 0 Å². The maximum Gasteiger partial charge on any atom is 0.416 e. The van der Waals surface area contributed by atoms with Crippen LogP contribution < -0.4 is 4.74 Å². The number of hydrogen-bond donors (Lipinski definition) is 0. The highest BCUT2D eigenvalue weighted by Gasteiger charge is 2.30. The molecule has 0 bridgehead atoms. The first-order chi connectivity index (χ1) is 12.0. The Morgan fingerprint density at radius 3 is 2.68 bits per heavy atom. The zero-order valence-corrected chi connectivity index (χ0v) is 14.0. The van der Waals surface area contributed by atoms with E-state index in [0.29, 0.717) is 22.2 Å². The number of methoxy groups -OCH3 is 1. The molecule has 0 radical (unpaired) electrons. The highest BCUT2D eigenvalue weighted by atomic mass is 32.2. The third-order valence-electron chi connectivity index (χ3n) is 3.48. The molecule has 25 heavy (non-hydrogen) atoms.